The van der Waals surface area contributed by atoms with Gasteiger partial charge in [-0.25, -0.2) is 0 Å². The predicted molar refractivity (Wildman–Crippen MR) is 88.2 cm³/mol. The Morgan fingerprint density at radius 3 is 2.43 bits per heavy atom. The molecule has 0 fully saturated rings. The first-order valence-corrected chi connectivity index (χ1v) is 7.81. The van der Waals surface area contributed by atoms with Gasteiger partial charge in [0.2, 0.25) is 0 Å². The molecule has 0 aliphatic carbocycles. The van der Waals surface area contributed by atoms with Gasteiger partial charge in [0.25, 0.3) is 0 Å². The molecule has 0 spiro atoms. The Labute approximate surface area is 128 Å². The number of hydrogen-bond acceptors (Lipinski definition) is 3. The SMILES string of the molecule is NCC(c1cccc(Oc2ccccc2)c1)c1cccs1. The largest absolute Gasteiger partial charge is 0.457 e. The van der Waals surface area contributed by atoms with Gasteiger partial charge >= 0.3 is 0 Å². The second-order valence-electron chi connectivity index (χ2n) is 4.79. The number of para-hydroxylation sites is 1. The van der Waals surface area contributed by atoms with Crippen molar-refractivity contribution in [2.75, 3.05) is 6.54 Å². The number of ether oxygens (including phenoxy) is 1. The molecule has 1 unspecified atom stereocenters. The first-order valence-electron chi connectivity index (χ1n) is 6.93. The zero-order valence-corrected chi connectivity index (χ0v) is 12.4. The van der Waals surface area contributed by atoms with Gasteiger partial charge in [0, 0.05) is 17.3 Å². The highest BCUT2D eigenvalue weighted by atomic mass is 32.1. The van der Waals surface area contributed by atoms with E-state index in [0.717, 1.165) is 11.5 Å². The summed E-state index contributed by atoms with van der Waals surface area (Å²) in [5.74, 6) is 1.91. The van der Waals surface area contributed by atoms with Crippen LogP contribution in [0.1, 0.15) is 16.4 Å². The Morgan fingerprint density at radius 2 is 1.71 bits per heavy atom. The quantitative estimate of drug-likeness (QED) is 0.744. The van der Waals surface area contributed by atoms with Crippen LogP contribution in [0.25, 0.3) is 0 Å². The second-order valence-corrected chi connectivity index (χ2v) is 5.77. The van der Waals surface area contributed by atoms with Crippen molar-refractivity contribution in [3.05, 3.63) is 82.6 Å². The van der Waals surface area contributed by atoms with Gasteiger partial charge in [-0.2, -0.15) is 0 Å². The maximum absolute atomic E-state index is 5.96. The van der Waals surface area contributed by atoms with Crippen LogP contribution in [0.15, 0.2) is 72.1 Å². The number of rotatable bonds is 5. The van der Waals surface area contributed by atoms with Crippen molar-refractivity contribution in [2.24, 2.45) is 5.73 Å². The summed E-state index contributed by atoms with van der Waals surface area (Å²) in [6.07, 6.45) is 0. The molecular weight excluding hydrogens is 278 g/mol. The Kier molecular flexibility index (Phi) is 4.34. The summed E-state index contributed by atoms with van der Waals surface area (Å²) in [6.45, 7) is 0.593. The number of thiophene rings is 1. The highest BCUT2D eigenvalue weighted by Crippen LogP contribution is 2.30. The smallest absolute Gasteiger partial charge is 0.127 e. The molecule has 3 rings (SSSR count). The summed E-state index contributed by atoms with van der Waals surface area (Å²) < 4.78 is 5.89. The lowest BCUT2D eigenvalue weighted by atomic mass is 9.97. The Balaban J connectivity index is 1.86. The first-order chi connectivity index (χ1) is 10.4. The van der Waals surface area contributed by atoms with Gasteiger partial charge in [-0.1, -0.05) is 36.4 Å². The summed E-state index contributed by atoms with van der Waals surface area (Å²) in [5.41, 5.74) is 7.15. The van der Waals surface area contributed by atoms with Crippen molar-refractivity contribution in [1.82, 2.24) is 0 Å². The van der Waals surface area contributed by atoms with E-state index >= 15 is 0 Å². The molecule has 0 aliphatic heterocycles. The Hall–Kier alpha value is -2.10. The van der Waals surface area contributed by atoms with E-state index in [2.05, 4.69) is 29.6 Å². The molecule has 21 heavy (non-hydrogen) atoms. The molecule has 0 saturated heterocycles. The van der Waals surface area contributed by atoms with E-state index in [1.807, 2.05) is 42.5 Å². The van der Waals surface area contributed by atoms with Crippen LogP contribution >= 0.6 is 11.3 Å². The van der Waals surface area contributed by atoms with Crippen LogP contribution in [0.2, 0.25) is 0 Å². The summed E-state index contributed by atoms with van der Waals surface area (Å²) >= 11 is 1.74. The topological polar surface area (TPSA) is 35.2 Å². The fourth-order valence-electron chi connectivity index (χ4n) is 2.33. The maximum Gasteiger partial charge on any atom is 0.127 e. The summed E-state index contributed by atoms with van der Waals surface area (Å²) in [4.78, 5) is 1.29. The molecule has 0 amide bonds. The predicted octanol–water partition coefficient (Wildman–Crippen LogP) is 4.63. The molecule has 3 aromatic rings. The van der Waals surface area contributed by atoms with Crippen molar-refractivity contribution >= 4 is 11.3 Å². The summed E-state index contributed by atoms with van der Waals surface area (Å²) in [5, 5.41) is 2.09. The van der Waals surface area contributed by atoms with Crippen molar-refractivity contribution in [1.29, 1.82) is 0 Å². The van der Waals surface area contributed by atoms with Crippen LogP contribution in [0.4, 0.5) is 0 Å². The molecule has 0 bridgehead atoms. The molecule has 2 aromatic carbocycles. The van der Waals surface area contributed by atoms with Crippen LogP contribution < -0.4 is 10.5 Å². The van der Waals surface area contributed by atoms with Crippen molar-refractivity contribution < 1.29 is 4.74 Å². The number of hydrogen-bond donors (Lipinski definition) is 1. The van der Waals surface area contributed by atoms with E-state index in [1.54, 1.807) is 11.3 Å². The molecule has 3 heteroatoms. The lowest BCUT2D eigenvalue weighted by Gasteiger charge is -2.15. The van der Waals surface area contributed by atoms with Crippen LogP contribution in [0, 0.1) is 0 Å². The van der Waals surface area contributed by atoms with Gasteiger partial charge in [-0.3, -0.25) is 0 Å². The minimum Gasteiger partial charge on any atom is -0.457 e. The van der Waals surface area contributed by atoms with Crippen molar-refractivity contribution in [3.63, 3.8) is 0 Å². The van der Waals surface area contributed by atoms with Crippen LogP contribution in [0.5, 0.6) is 11.5 Å². The molecule has 0 radical (unpaired) electrons. The Morgan fingerprint density at radius 1 is 0.905 bits per heavy atom. The lowest BCUT2D eigenvalue weighted by molar-refractivity contribution is 0.481. The number of benzene rings is 2. The molecule has 0 aliphatic rings. The molecule has 2 N–H and O–H groups in total. The van der Waals surface area contributed by atoms with E-state index in [0.29, 0.717) is 6.54 Å². The summed E-state index contributed by atoms with van der Waals surface area (Å²) in [7, 11) is 0. The number of nitrogens with two attached hydrogens (primary N) is 1. The molecular formula is C18H17NOS. The minimum absolute atomic E-state index is 0.226. The monoisotopic (exact) mass is 295 g/mol. The average Bonchev–Trinajstić information content (AvgIpc) is 3.04. The third-order valence-corrected chi connectivity index (χ3v) is 4.35. The van der Waals surface area contributed by atoms with Gasteiger partial charge in [-0.05, 0) is 41.3 Å². The molecule has 2 nitrogen and oxygen atoms in total. The van der Waals surface area contributed by atoms with E-state index < -0.39 is 0 Å². The second kappa shape index (κ2) is 6.57. The van der Waals surface area contributed by atoms with Crippen LogP contribution in [-0.2, 0) is 0 Å². The van der Waals surface area contributed by atoms with Gasteiger partial charge in [0.15, 0.2) is 0 Å². The van der Waals surface area contributed by atoms with Gasteiger partial charge < -0.3 is 10.5 Å². The highest BCUT2D eigenvalue weighted by molar-refractivity contribution is 7.10. The third-order valence-electron chi connectivity index (χ3n) is 3.36. The maximum atomic E-state index is 5.96. The lowest BCUT2D eigenvalue weighted by Crippen LogP contribution is -2.12. The minimum atomic E-state index is 0.226. The molecule has 106 valence electrons. The van der Waals surface area contributed by atoms with E-state index in [1.165, 1.54) is 10.4 Å². The van der Waals surface area contributed by atoms with Crippen LogP contribution in [0.3, 0.4) is 0 Å². The van der Waals surface area contributed by atoms with Gasteiger partial charge in [0.1, 0.15) is 11.5 Å². The highest BCUT2D eigenvalue weighted by Gasteiger charge is 2.14. The average molecular weight is 295 g/mol. The normalized spacial score (nSPS) is 12.0. The van der Waals surface area contributed by atoms with E-state index in [-0.39, 0.29) is 5.92 Å². The standard InChI is InChI=1S/C18H17NOS/c19-13-17(18-10-5-11-21-18)14-6-4-9-16(12-14)20-15-7-2-1-3-8-15/h1-12,17H,13,19H2. The van der Waals surface area contributed by atoms with E-state index in [9.17, 15) is 0 Å². The van der Waals surface area contributed by atoms with Gasteiger partial charge in [0.05, 0.1) is 0 Å². The van der Waals surface area contributed by atoms with Gasteiger partial charge in [-0.15, -0.1) is 11.3 Å². The molecule has 1 atom stereocenters. The molecule has 1 heterocycles. The zero-order chi connectivity index (χ0) is 14.5. The first kappa shape index (κ1) is 13.9. The van der Waals surface area contributed by atoms with Crippen molar-refractivity contribution in [2.45, 2.75) is 5.92 Å². The zero-order valence-electron chi connectivity index (χ0n) is 11.6. The summed E-state index contributed by atoms with van der Waals surface area (Å²) in [6, 6.07) is 22.2. The van der Waals surface area contributed by atoms with Crippen LogP contribution in [-0.4, -0.2) is 6.54 Å². The van der Waals surface area contributed by atoms with E-state index in [4.69, 9.17) is 10.5 Å². The Bertz CT molecular complexity index is 679. The molecule has 0 saturated carbocycles. The van der Waals surface area contributed by atoms with Crippen molar-refractivity contribution in [3.8, 4) is 11.5 Å². The third kappa shape index (κ3) is 3.32. The molecule has 1 aromatic heterocycles. The fourth-order valence-corrected chi connectivity index (χ4v) is 3.19. The fraction of sp³-hybridized carbons (Fsp3) is 0.111.